The molecule has 1 saturated heterocycles. The Morgan fingerprint density at radius 3 is 2.70 bits per heavy atom. The van der Waals surface area contributed by atoms with E-state index in [1.807, 2.05) is 17.8 Å². The molecule has 2 aromatic rings. The predicted octanol–water partition coefficient (Wildman–Crippen LogP) is 1.87. The van der Waals surface area contributed by atoms with Crippen molar-refractivity contribution in [3.8, 4) is 0 Å². The van der Waals surface area contributed by atoms with Crippen molar-refractivity contribution in [3.05, 3.63) is 53.6 Å². The first-order valence-electron chi connectivity index (χ1n) is 6.78. The summed E-state index contributed by atoms with van der Waals surface area (Å²) in [6.45, 7) is 1.36. The quantitative estimate of drug-likeness (QED) is 0.929. The Morgan fingerprint density at radius 2 is 2.05 bits per heavy atom. The molecule has 1 aromatic heterocycles. The van der Waals surface area contributed by atoms with E-state index in [0.29, 0.717) is 13.0 Å². The van der Waals surface area contributed by atoms with E-state index in [0.717, 1.165) is 17.8 Å². The highest BCUT2D eigenvalue weighted by Gasteiger charge is 2.32. The minimum absolute atomic E-state index is 0.125. The summed E-state index contributed by atoms with van der Waals surface area (Å²) in [5, 5.41) is 14.1. The van der Waals surface area contributed by atoms with Gasteiger partial charge in [0, 0.05) is 32.4 Å². The van der Waals surface area contributed by atoms with Crippen molar-refractivity contribution in [3.63, 3.8) is 0 Å². The first-order chi connectivity index (χ1) is 9.63. The average Bonchev–Trinajstić information content (AvgIpc) is 2.98. The largest absolute Gasteiger partial charge is 0.392 e. The Morgan fingerprint density at radius 1 is 1.30 bits per heavy atom. The van der Waals surface area contributed by atoms with E-state index in [1.54, 1.807) is 18.3 Å². The molecule has 0 saturated carbocycles. The molecule has 1 fully saturated rings. The van der Waals surface area contributed by atoms with Gasteiger partial charge in [0.15, 0.2) is 0 Å². The van der Waals surface area contributed by atoms with Crippen molar-refractivity contribution >= 4 is 0 Å². The lowest BCUT2D eigenvalue weighted by Crippen LogP contribution is -2.25. The molecule has 5 heteroatoms. The Balaban J connectivity index is 1.81. The molecule has 2 unspecified atom stereocenters. The van der Waals surface area contributed by atoms with Crippen LogP contribution in [-0.2, 0) is 13.6 Å². The second-order valence-electron chi connectivity index (χ2n) is 5.33. The van der Waals surface area contributed by atoms with Crippen LogP contribution in [0.3, 0.4) is 0 Å². The minimum atomic E-state index is -0.335. The molecule has 0 radical (unpaired) electrons. The summed E-state index contributed by atoms with van der Waals surface area (Å²) in [6, 6.07) is 8.65. The van der Waals surface area contributed by atoms with Crippen molar-refractivity contribution < 1.29 is 9.50 Å². The number of benzene rings is 1. The van der Waals surface area contributed by atoms with Crippen molar-refractivity contribution in [1.82, 2.24) is 14.7 Å². The van der Waals surface area contributed by atoms with Crippen molar-refractivity contribution in [1.29, 1.82) is 0 Å². The smallest absolute Gasteiger partial charge is 0.123 e. The second kappa shape index (κ2) is 5.34. The third-order valence-corrected chi connectivity index (χ3v) is 3.92. The van der Waals surface area contributed by atoms with E-state index in [4.69, 9.17) is 0 Å². The molecule has 1 aliphatic rings. The zero-order chi connectivity index (χ0) is 14.1. The number of hydrogen-bond donors (Lipinski definition) is 1. The molecule has 1 aromatic carbocycles. The summed E-state index contributed by atoms with van der Waals surface area (Å²) < 4.78 is 14.9. The molecule has 2 heterocycles. The van der Waals surface area contributed by atoms with E-state index in [2.05, 4.69) is 10.00 Å². The summed E-state index contributed by atoms with van der Waals surface area (Å²) >= 11 is 0. The van der Waals surface area contributed by atoms with E-state index in [9.17, 15) is 9.50 Å². The number of halogens is 1. The second-order valence-corrected chi connectivity index (χ2v) is 5.33. The van der Waals surface area contributed by atoms with Crippen molar-refractivity contribution in [2.24, 2.45) is 7.05 Å². The SMILES string of the molecule is Cn1nccc1CN1CC(O)CC1c1ccc(F)cc1. The van der Waals surface area contributed by atoms with Gasteiger partial charge in [-0.3, -0.25) is 9.58 Å². The normalized spacial score (nSPS) is 23.4. The summed E-state index contributed by atoms with van der Waals surface area (Å²) in [5.41, 5.74) is 2.15. The minimum Gasteiger partial charge on any atom is -0.392 e. The number of aliphatic hydroxyl groups is 1. The number of hydrogen-bond acceptors (Lipinski definition) is 3. The van der Waals surface area contributed by atoms with Gasteiger partial charge >= 0.3 is 0 Å². The highest BCUT2D eigenvalue weighted by atomic mass is 19.1. The molecule has 3 rings (SSSR count). The van der Waals surface area contributed by atoms with Gasteiger partial charge in [0.05, 0.1) is 11.8 Å². The van der Waals surface area contributed by atoms with Crippen molar-refractivity contribution in [2.45, 2.75) is 25.1 Å². The maximum Gasteiger partial charge on any atom is 0.123 e. The summed E-state index contributed by atoms with van der Waals surface area (Å²) in [4.78, 5) is 2.22. The zero-order valence-corrected chi connectivity index (χ0v) is 11.4. The lowest BCUT2D eigenvalue weighted by Gasteiger charge is -2.24. The first-order valence-corrected chi connectivity index (χ1v) is 6.78. The zero-order valence-electron chi connectivity index (χ0n) is 11.4. The van der Waals surface area contributed by atoms with Gasteiger partial charge in [-0.05, 0) is 30.2 Å². The Hall–Kier alpha value is -1.72. The van der Waals surface area contributed by atoms with Crippen LogP contribution in [0.5, 0.6) is 0 Å². The third-order valence-electron chi connectivity index (χ3n) is 3.92. The van der Waals surface area contributed by atoms with Crippen LogP contribution in [0.25, 0.3) is 0 Å². The third kappa shape index (κ3) is 2.59. The van der Waals surface area contributed by atoms with Crippen LogP contribution >= 0.6 is 0 Å². The fourth-order valence-electron chi connectivity index (χ4n) is 2.85. The van der Waals surface area contributed by atoms with E-state index < -0.39 is 0 Å². The van der Waals surface area contributed by atoms with Crippen LogP contribution in [0.15, 0.2) is 36.5 Å². The van der Waals surface area contributed by atoms with Crippen molar-refractivity contribution in [2.75, 3.05) is 6.54 Å². The molecule has 0 bridgehead atoms. The monoisotopic (exact) mass is 275 g/mol. The van der Waals surface area contributed by atoms with Crippen LogP contribution in [0.1, 0.15) is 23.7 Å². The molecule has 106 valence electrons. The van der Waals surface area contributed by atoms with Crippen LogP contribution in [-0.4, -0.2) is 32.4 Å². The van der Waals surface area contributed by atoms with Gasteiger partial charge in [0.25, 0.3) is 0 Å². The molecule has 4 nitrogen and oxygen atoms in total. The number of aromatic nitrogens is 2. The predicted molar refractivity (Wildman–Crippen MR) is 73.4 cm³/mol. The number of nitrogens with zero attached hydrogens (tertiary/aromatic N) is 3. The molecule has 0 amide bonds. The molecular weight excluding hydrogens is 257 g/mol. The summed E-state index contributed by atoms with van der Waals surface area (Å²) in [6.07, 6.45) is 2.12. The van der Waals surface area contributed by atoms with E-state index in [-0.39, 0.29) is 18.0 Å². The van der Waals surface area contributed by atoms with Crippen LogP contribution in [0, 0.1) is 5.82 Å². The van der Waals surface area contributed by atoms with E-state index in [1.165, 1.54) is 12.1 Å². The maximum atomic E-state index is 13.0. The first kappa shape index (κ1) is 13.3. The molecule has 1 N–H and O–H groups in total. The Bertz CT molecular complexity index is 581. The number of β-amino-alcohol motifs (C(OH)–C–C–N with tert-alkyl or cyclic N) is 1. The van der Waals surface area contributed by atoms with Gasteiger partial charge in [-0.25, -0.2) is 4.39 Å². The van der Waals surface area contributed by atoms with Crippen LogP contribution < -0.4 is 0 Å². The number of aryl methyl sites for hydroxylation is 1. The fourth-order valence-corrected chi connectivity index (χ4v) is 2.85. The lowest BCUT2D eigenvalue weighted by atomic mass is 10.0. The van der Waals surface area contributed by atoms with Gasteiger partial charge in [-0.15, -0.1) is 0 Å². The van der Waals surface area contributed by atoms with Gasteiger partial charge in [0.2, 0.25) is 0 Å². The molecule has 20 heavy (non-hydrogen) atoms. The van der Waals surface area contributed by atoms with E-state index >= 15 is 0 Å². The van der Waals surface area contributed by atoms with Gasteiger partial charge in [0.1, 0.15) is 5.82 Å². The number of aliphatic hydroxyl groups excluding tert-OH is 1. The molecular formula is C15H18FN3O. The molecule has 2 atom stereocenters. The van der Waals surface area contributed by atoms with Crippen LogP contribution in [0.4, 0.5) is 4.39 Å². The maximum absolute atomic E-state index is 13.0. The standard InChI is InChI=1S/C15H18FN3O/c1-18-13(6-7-17-18)9-19-10-14(20)8-15(19)11-2-4-12(16)5-3-11/h2-7,14-15,20H,8-10H2,1H3. The Labute approximate surface area is 117 Å². The highest BCUT2D eigenvalue weighted by Crippen LogP contribution is 2.33. The molecule has 0 aliphatic carbocycles. The highest BCUT2D eigenvalue weighted by molar-refractivity contribution is 5.22. The summed E-state index contributed by atoms with van der Waals surface area (Å²) in [5.74, 6) is -0.231. The summed E-state index contributed by atoms with van der Waals surface area (Å²) in [7, 11) is 1.91. The topological polar surface area (TPSA) is 41.3 Å². The van der Waals surface area contributed by atoms with Gasteiger partial charge in [-0.1, -0.05) is 12.1 Å². The van der Waals surface area contributed by atoms with Gasteiger partial charge < -0.3 is 5.11 Å². The van der Waals surface area contributed by atoms with Gasteiger partial charge in [-0.2, -0.15) is 5.10 Å². The lowest BCUT2D eigenvalue weighted by molar-refractivity contribution is 0.171. The Kier molecular flexibility index (Phi) is 3.54. The average molecular weight is 275 g/mol. The molecule has 0 spiro atoms. The number of likely N-dealkylation sites (tertiary alicyclic amines) is 1. The van der Waals surface area contributed by atoms with Crippen LogP contribution in [0.2, 0.25) is 0 Å². The number of rotatable bonds is 3. The fraction of sp³-hybridized carbons (Fsp3) is 0.400. The molecule has 1 aliphatic heterocycles.